The van der Waals surface area contributed by atoms with E-state index in [1.807, 2.05) is 4.68 Å². The first-order valence-electron chi connectivity index (χ1n) is 8.60. The molecule has 0 atom stereocenters. The summed E-state index contributed by atoms with van der Waals surface area (Å²) in [4.78, 5) is 2.45. The Hall–Kier alpha value is -0.580. The number of piperidine rings is 1. The number of likely N-dealkylation sites (tertiary alicyclic amines) is 1. The summed E-state index contributed by atoms with van der Waals surface area (Å²) in [6, 6.07) is 0. The second-order valence-corrected chi connectivity index (χ2v) is 7.08. The minimum Gasteiger partial charge on any atom is -0.396 e. The third-order valence-corrected chi connectivity index (χ3v) is 5.71. The molecule has 0 aliphatic carbocycles. The predicted molar refractivity (Wildman–Crippen MR) is 91.2 cm³/mol. The maximum atomic E-state index is 9.64. The Morgan fingerprint density at radius 2 is 1.95 bits per heavy atom. The Morgan fingerprint density at radius 3 is 2.50 bits per heavy atom. The SMILES string of the molecule is CCCCn1nc(C)c(CN2CCC(CC)(CO)CC2)c1Cl. The number of aryl methyl sites for hydroxylation is 2. The van der Waals surface area contributed by atoms with Crippen LogP contribution in [0.5, 0.6) is 0 Å². The van der Waals surface area contributed by atoms with Gasteiger partial charge in [0.05, 0.1) is 5.69 Å². The van der Waals surface area contributed by atoms with E-state index in [0.29, 0.717) is 6.61 Å². The lowest BCUT2D eigenvalue weighted by Crippen LogP contribution is -2.41. The fourth-order valence-electron chi connectivity index (χ4n) is 3.26. The molecule has 1 aromatic heterocycles. The highest BCUT2D eigenvalue weighted by atomic mass is 35.5. The van der Waals surface area contributed by atoms with Crippen LogP contribution in [0.25, 0.3) is 0 Å². The summed E-state index contributed by atoms with van der Waals surface area (Å²) >= 11 is 6.53. The first-order chi connectivity index (χ1) is 10.5. The number of hydrogen-bond donors (Lipinski definition) is 1. The molecule has 4 nitrogen and oxygen atoms in total. The number of nitrogens with zero attached hydrogens (tertiary/aromatic N) is 3. The van der Waals surface area contributed by atoms with Gasteiger partial charge in [-0.15, -0.1) is 0 Å². The van der Waals surface area contributed by atoms with E-state index in [2.05, 4.69) is 30.8 Å². The van der Waals surface area contributed by atoms with Gasteiger partial charge in [0.2, 0.25) is 0 Å². The number of aromatic nitrogens is 2. The molecule has 0 aromatic carbocycles. The maximum Gasteiger partial charge on any atom is 0.131 e. The number of aliphatic hydroxyl groups is 1. The molecule has 1 aliphatic rings. The van der Waals surface area contributed by atoms with Crippen LogP contribution in [0.4, 0.5) is 0 Å². The smallest absolute Gasteiger partial charge is 0.131 e. The first kappa shape index (κ1) is 17.8. The van der Waals surface area contributed by atoms with Crippen molar-refractivity contribution in [1.29, 1.82) is 0 Å². The Morgan fingerprint density at radius 1 is 1.27 bits per heavy atom. The Bertz CT molecular complexity index is 472. The topological polar surface area (TPSA) is 41.3 Å². The van der Waals surface area contributed by atoms with Crippen LogP contribution in [-0.4, -0.2) is 39.5 Å². The fourth-order valence-corrected chi connectivity index (χ4v) is 3.58. The van der Waals surface area contributed by atoms with Crippen molar-refractivity contribution in [3.63, 3.8) is 0 Å². The highest BCUT2D eigenvalue weighted by molar-refractivity contribution is 6.30. The third kappa shape index (κ3) is 3.84. The summed E-state index contributed by atoms with van der Waals surface area (Å²) in [5, 5.41) is 15.0. The summed E-state index contributed by atoms with van der Waals surface area (Å²) in [5.41, 5.74) is 2.36. The van der Waals surface area contributed by atoms with E-state index in [-0.39, 0.29) is 5.41 Å². The summed E-state index contributed by atoms with van der Waals surface area (Å²) in [6.07, 6.45) is 5.46. The van der Waals surface area contributed by atoms with Gasteiger partial charge in [-0.2, -0.15) is 5.10 Å². The molecular weight excluding hydrogens is 298 g/mol. The van der Waals surface area contributed by atoms with Gasteiger partial charge in [0.25, 0.3) is 0 Å². The van der Waals surface area contributed by atoms with Gasteiger partial charge in [-0.1, -0.05) is 31.9 Å². The van der Waals surface area contributed by atoms with Crippen LogP contribution in [-0.2, 0) is 13.1 Å². The molecule has 2 rings (SSSR count). The van der Waals surface area contributed by atoms with Crippen LogP contribution >= 0.6 is 11.6 Å². The summed E-state index contributed by atoms with van der Waals surface area (Å²) in [7, 11) is 0. The number of aliphatic hydroxyl groups excluding tert-OH is 1. The van der Waals surface area contributed by atoms with E-state index >= 15 is 0 Å². The van der Waals surface area contributed by atoms with Crippen LogP contribution in [0.3, 0.4) is 0 Å². The number of rotatable bonds is 7. The van der Waals surface area contributed by atoms with Gasteiger partial charge in [-0.25, -0.2) is 0 Å². The predicted octanol–water partition coefficient (Wildman–Crippen LogP) is 3.63. The summed E-state index contributed by atoms with van der Waals surface area (Å²) < 4.78 is 1.95. The standard InChI is InChI=1S/C17H30ClN3O/c1-4-6-9-21-16(18)15(14(3)19-21)12-20-10-7-17(5-2,13-22)8-11-20/h22H,4-13H2,1-3H3. The lowest BCUT2D eigenvalue weighted by molar-refractivity contribution is 0.0382. The van der Waals surface area contributed by atoms with Gasteiger partial charge in [-0.3, -0.25) is 9.58 Å². The van der Waals surface area contributed by atoms with Crippen molar-refractivity contribution in [1.82, 2.24) is 14.7 Å². The summed E-state index contributed by atoms with van der Waals surface area (Å²) in [6.45, 7) is 10.6. The molecule has 0 saturated carbocycles. The average molecular weight is 328 g/mol. The molecule has 0 spiro atoms. The number of hydrogen-bond acceptors (Lipinski definition) is 3. The van der Waals surface area contributed by atoms with Crippen LogP contribution in [0.2, 0.25) is 5.15 Å². The second-order valence-electron chi connectivity index (χ2n) is 6.72. The van der Waals surface area contributed by atoms with Crippen molar-refractivity contribution in [3.8, 4) is 0 Å². The molecule has 1 fully saturated rings. The Balaban J connectivity index is 1.99. The molecule has 0 radical (unpaired) electrons. The van der Waals surface area contributed by atoms with E-state index in [4.69, 9.17) is 11.6 Å². The molecule has 1 N–H and O–H groups in total. The van der Waals surface area contributed by atoms with E-state index < -0.39 is 0 Å². The second kappa shape index (κ2) is 7.80. The molecule has 0 bridgehead atoms. The van der Waals surface area contributed by atoms with Crippen molar-refractivity contribution in [2.45, 2.75) is 66.0 Å². The molecular formula is C17H30ClN3O. The highest BCUT2D eigenvalue weighted by Gasteiger charge is 2.32. The van der Waals surface area contributed by atoms with E-state index in [1.54, 1.807) is 0 Å². The average Bonchev–Trinajstić information content (AvgIpc) is 2.81. The van der Waals surface area contributed by atoms with Crippen LogP contribution < -0.4 is 0 Å². The van der Waals surface area contributed by atoms with Gasteiger partial charge in [-0.05, 0) is 51.1 Å². The van der Waals surface area contributed by atoms with E-state index in [9.17, 15) is 5.11 Å². The summed E-state index contributed by atoms with van der Waals surface area (Å²) in [5.74, 6) is 0. The number of unbranched alkanes of at least 4 members (excludes halogenated alkanes) is 1. The molecule has 126 valence electrons. The van der Waals surface area contributed by atoms with Crippen molar-refractivity contribution in [2.75, 3.05) is 19.7 Å². The molecule has 1 aliphatic heterocycles. The number of halogens is 1. The van der Waals surface area contributed by atoms with Gasteiger partial charge in [0.1, 0.15) is 5.15 Å². The largest absolute Gasteiger partial charge is 0.396 e. The zero-order chi connectivity index (χ0) is 16.2. The monoisotopic (exact) mass is 327 g/mol. The zero-order valence-electron chi connectivity index (χ0n) is 14.2. The Labute approximate surface area is 139 Å². The Kier molecular flexibility index (Phi) is 6.30. The lowest BCUT2D eigenvalue weighted by Gasteiger charge is -2.40. The minimum absolute atomic E-state index is 0.140. The van der Waals surface area contributed by atoms with Crippen LogP contribution in [0, 0.1) is 12.3 Å². The molecule has 0 amide bonds. The van der Waals surface area contributed by atoms with Crippen molar-refractivity contribution < 1.29 is 5.11 Å². The van der Waals surface area contributed by atoms with Crippen LogP contribution in [0.15, 0.2) is 0 Å². The molecule has 1 aromatic rings. The molecule has 5 heteroatoms. The fraction of sp³-hybridized carbons (Fsp3) is 0.824. The minimum atomic E-state index is 0.140. The van der Waals surface area contributed by atoms with Crippen LogP contribution in [0.1, 0.15) is 57.2 Å². The normalized spacial score (nSPS) is 18.8. The third-order valence-electron chi connectivity index (χ3n) is 5.29. The van der Waals surface area contributed by atoms with E-state index in [0.717, 1.165) is 69.1 Å². The molecule has 0 unspecified atom stereocenters. The van der Waals surface area contributed by atoms with Crippen molar-refractivity contribution in [2.24, 2.45) is 5.41 Å². The quantitative estimate of drug-likeness (QED) is 0.831. The van der Waals surface area contributed by atoms with E-state index in [1.165, 1.54) is 5.56 Å². The highest BCUT2D eigenvalue weighted by Crippen LogP contribution is 2.35. The van der Waals surface area contributed by atoms with Crippen molar-refractivity contribution >= 4 is 11.6 Å². The first-order valence-corrected chi connectivity index (χ1v) is 8.98. The van der Waals surface area contributed by atoms with Gasteiger partial charge in [0, 0.05) is 25.3 Å². The maximum absolute atomic E-state index is 9.64. The van der Waals surface area contributed by atoms with Gasteiger partial charge in [0.15, 0.2) is 0 Å². The van der Waals surface area contributed by atoms with Crippen molar-refractivity contribution in [3.05, 3.63) is 16.4 Å². The molecule has 22 heavy (non-hydrogen) atoms. The molecule has 2 heterocycles. The lowest BCUT2D eigenvalue weighted by atomic mass is 9.77. The van der Waals surface area contributed by atoms with Gasteiger partial charge < -0.3 is 5.11 Å². The zero-order valence-corrected chi connectivity index (χ0v) is 15.0. The van der Waals surface area contributed by atoms with Gasteiger partial charge >= 0.3 is 0 Å². The molecule has 1 saturated heterocycles.